The summed E-state index contributed by atoms with van der Waals surface area (Å²) < 4.78 is 5.28. The second-order valence-electron chi connectivity index (χ2n) is 7.87. The summed E-state index contributed by atoms with van der Waals surface area (Å²) in [5, 5.41) is 17.6. The van der Waals surface area contributed by atoms with Crippen LogP contribution in [-0.4, -0.2) is 36.0 Å². The molecule has 154 valence electrons. The largest absolute Gasteiger partial charge is 0.466 e. The number of rotatable bonds is 18. The molecule has 0 aromatic rings. The highest BCUT2D eigenvalue weighted by atomic mass is 16.5. The van der Waals surface area contributed by atoms with Gasteiger partial charge in [-0.15, -0.1) is 0 Å². The van der Waals surface area contributed by atoms with Crippen molar-refractivity contribution < 1.29 is 19.7 Å². The Bertz CT molecular complexity index is 321. The molecule has 2 unspecified atom stereocenters. The molecule has 26 heavy (non-hydrogen) atoms. The first kappa shape index (κ1) is 23.4. The Morgan fingerprint density at radius 2 is 1.08 bits per heavy atom. The van der Waals surface area contributed by atoms with Crippen LogP contribution in [0.3, 0.4) is 0 Å². The molecule has 0 radical (unpaired) electrons. The van der Waals surface area contributed by atoms with Crippen molar-refractivity contribution in [2.45, 2.75) is 96.8 Å². The lowest BCUT2D eigenvalue weighted by molar-refractivity contribution is -0.145. The van der Waals surface area contributed by atoms with Gasteiger partial charge in [-0.3, -0.25) is 4.79 Å². The normalized spacial score (nSPS) is 21.7. The van der Waals surface area contributed by atoms with Crippen LogP contribution in [0.1, 0.15) is 96.8 Å². The van der Waals surface area contributed by atoms with Gasteiger partial charge >= 0.3 is 5.97 Å². The zero-order valence-corrected chi connectivity index (χ0v) is 17.0. The van der Waals surface area contributed by atoms with Crippen molar-refractivity contribution in [2.75, 3.05) is 19.8 Å². The molecular weight excluding hydrogens is 328 g/mol. The highest BCUT2D eigenvalue weighted by molar-refractivity contribution is 5.76. The Balaban J connectivity index is 2.16. The smallest absolute Gasteiger partial charge is 0.309 e. The zero-order chi connectivity index (χ0) is 19.0. The lowest BCUT2D eigenvalue weighted by Gasteiger charge is -2.02. The average molecular weight is 371 g/mol. The highest BCUT2D eigenvalue weighted by Gasteiger charge is 2.53. The number of carbonyl (C=O) groups is 1. The van der Waals surface area contributed by atoms with Crippen LogP contribution < -0.4 is 0 Å². The van der Waals surface area contributed by atoms with E-state index < -0.39 is 0 Å². The molecule has 4 heteroatoms. The highest BCUT2D eigenvalue weighted by Crippen LogP contribution is 2.53. The minimum absolute atomic E-state index is 0.0355. The number of ether oxygens (including phenoxy) is 1. The molecule has 1 rings (SSSR count). The molecule has 1 aliphatic rings. The Kier molecular flexibility index (Phi) is 13.9. The van der Waals surface area contributed by atoms with Gasteiger partial charge in [-0.25, -0.2) is 0 Å². The van der Waals surface area contributed by atoms with E-state index >= 15 is 0 Å². The van der Waals surface area contributed by atoms with Crippen LogP contribution >= 0.6 is 0 Å². The molecule has 1 aliphatic carbocycles. The molecule has 4 nitrogen and oxygen atoms in total. The van der Waals surface area contributed by atoms with Gasteiger partial charge in [-0.2, -0.15) is 0 Å². The molecule has 0 bridgehead atoms. The van der Waals surface area contributed by atoms with Crippen LogP contribution in [0, 0.1) is 17.8 Å². The third kappa shape index (κ3) is 9.91. The molecule has 0 heterocycles. The molecule has 1 fully saturated rings. The lowest BCUT2D eigenvalue weighted by atomic mass is 10.0. The van der Waals surface area contributed by atoms with Crippen molar-refractivity contribution in [2.24, 2.45) is 17.8 Å². The predicted octanol–water partition coefficient (Wildman–Crippen LogP) is 4.86. The van der Waals surface area contributed by atoms with Gasteiger partial charge in [0.25, 0.3) is 0 Å². The molecule has 1 saturated carbocycles. The summed E-state index contributed by atoms with van der Waals surface area (Å²) in [5.41, 5.74) is 0. The van der Waals surface area contributed by atoms with Gasteiger partial charge in [0.05, 0.1) is 12.5 Å². The van der Waals surface area contributed by atoms with Crippen molar-refractivity contribution in [3.63, 3.8) is 0 Å². The maximum atomic E-state index is 12.2. The fourth-order valence-corrected chi connectivity index (χ4v) is 4.22. The fraction of sp³-hybridized carbons (Fsp3) is 0.955. The summed E-state index contributed by atoms with van der Waals surface area (Å²) in [6, 6.07) is 0. The van der Waals surface area contributed by atoms with Crippen LogP contribution in [-0.2, 0) is 9.53 Å². The van der Waals surface area contributed by atoms with E-state index in [2.05, 4.69) is 0 Å². The third-order valence-corrected chi connectivity index (χ3v) is 5.78. The summed E-state index contributed by atoms with van der Waals surface area (Å²) >= 11 is 0. The summed E-state index contributed by atoms with van der Waals surface area (Å²) in [6.45, 7) is 3.01. The van der Waals surface area contributed by atoms with Crippen molar-refractivity contribution in [1.82, 2.24) is 0 Å². The molecule has 0 aromatic heterocycles. The molecule has 0 aromatic carbocycles. The monoisotopic (exact) mass is 370 g/mol. The molecule has 0 aliphatic heterocycles. The van der Waals surface area contributed by atoms with Gasteiger partial charge in [0.1, 0.15) is 0 Å². The van der Waals surface area contributed by atoms with Gasteiger partial charge in [0.2, 0.25) is 0 Å². The Morgan fingerprint density at radius 3 is 1.46 bits per heavy atom. The van der Waals surface area contributed by atoms with Crippen molar-refractivity contribution in [3.8, 4) is 0 Å². The van der Waals surface area contributed by atoms with Crippen molar-refractivity contribution in [1.29, 1.82) is 0 Å². The van der Waals surface area contributed by atoms with Gasteiger partial charge in [0.15, 0.2) is 0 Å². The molecular formula is C22H42O4. The van der Waals surface area contributed by atoms with Crippen LogP contribution in [0.25, 0.3) is 0 Å². The number of carbonyl (C=O) groups excluding carboxylic acids is 1. The van der Waals surface area contributed by atoms with E-state index in [-0.39, 0.29) is 11.9 Å². The maximum Gasteiger partial charge on any atom is 0.309 e. The number of hydrogen-bond donors (Lipinski definition) is 2. The Morgan fingerprint density at radius 1 is 0.692 bits per heavy atom. The minimum atomic E-state index is 0.0355. The Labute approximate surface area is 160 Å². The van der Waals surface area contributed by atoms with E-state index in [0.717, 1.165) is 25.7 Å². The summed E-state index contributed by atoms with van der Waals surface area (Å²) in [4.78, 5) is 12.2. The number of hydrogen-bond acceptors (Lipinski definition) is 4. The average Bonchev–Trinajstić information content (AvgIpc) is 3.33. The van der Waals surface area contributed by atoms with E-state index in [1.54, 1.807) is 0 Å². The molecule has 0 amide bonds. The van der Waals surface area contributed by atoms with Crippen molar-refractivity contribution >= 4 is 5.97 Å². The summed E-state index contributed by atoms with van der Waals surface area (Å²) in [6.07, 6.45) is 16.3. The van der Waals surface area contributed by atoms with Gasteiger partial charge in [-0.1, -0.05) is 64.2 Å². The number of unbranched alkanes of at least 4 members (excludes halogenated alkanes) is 10. The summed E-state index contributed by atoms with van der Waals surface area (Å²) in [7, 11) is 0. The minimum Gasteiger partial charge on any atom is -0.466 e. The van der Waals surface area contributed by atoms with Crippen molar-refractivity contribution in [3.05, 3.63) is 0 Å². The molecule has 2 atom stereocenters. The third-order valence-electron chi connectivity index (χ3n) is 5.78. The summed E-state index contributed by atoms with van der Waals surface area (Å²) in [5.74, 6) is 1.31. The number of aliphatic hydroxyl groups is 2. The molecule has 2 N–H and O–H groups in total. The van der Waals surface area contributed by atoms with E-state index in [4.69, 9.17) is 14.9 Å². The Hall–Kier alpha value is -0.610. The van der Waals surface area contributed by atoms with Gasteiger partial charge in [0, 0.05) is 13.2 Å². The predicted molar refractivity (Wildman–Crippen MR) is 106 cm³/mol. The second-order valence-corrected chi connectivity index (χ2v) is 7.87. The van der Waals surface area contributed by atoms with Crippen LogP contribution in [0.2, 0.25) is 0 Å². The first-order valence-electron chi connectivity index (χ1n) is 11.1. The van der Waals surface area contributed by atoms with Crippen LogP contribution in [0.15, 0.2) is 0 Å². The number of aliphatic hydroxyl groups excluding tert-OH is 2. The standard InChI is InChI=1S/C22H42O4/c1-2-26-22(25)21-19(15-11-7-3-5-9-13-17-23)20(21)16-12-8-4-6-10-14-18-24/h19-21,23-24H,2-18H2,1H3. The zero-order valence-electron chi connectivity index (χ0n) is 17.0. The lowest BCUT2D eigenvalue weighted by Crippen LogP contribution is -2.08. The van der Waals surface area contributed by atoms with E-state index in [1.807, 2.05) is 6.92 Å². The quantitative estimate of drug-likeness (QED) is 0.267. The topological polar surface area (TPSA) is 66.8 Å². The number of esters is 1. The van der Waals surface area contributed by atoms with E-state index in [9.17, 15) is 4.79 Å². The maximum absolute atomic E-state index is 12.2. The fourth-order valence-electron chi connectivity index (χ4n) is 4.22. The van der Waals surface area contributed by atoms with Crippen LogP contribution in [0.4, 0.5) is 0 Å². The first-order chi connectivity index (χ1) is 12.8. The van der Waals surface area contributed by atoms with Gasteiger partial charge in [-0.05, 0) is 44.4 Å². The second kappa shape index (κ2) is 15.4. The molecule has 0 spiro atoms. The first-order valence-corrected chi connectivity index (χ1v) is 11.1. The van der Waals surface area contributed by atoms with Crippen LogP contribution in [0.5, 0.6) is 0 Å². The van der Waals surface area contributed by atoms with E-state index in [0.29, 0.717) is 31.7 Å². The van der Waals surface area contributed by atoms with Gasteiger partial charge < -0.3 is 14.9 Å². The van der Waals surface area contributed by atoms with E-state index in [1.165, 1.54) is 64.2 Å². The molecule has 0 saturated heterocycles. The SMILES string of the molecule is CCOC(=O)C1C(CCCCCCCCO)C1CCCCCCCCO.